The molecule has 2 rings (SSSR count). The second-order valence-electron chi connectivity index (χ2n) is 3.81. The molecule has 0 amide bonds. The number of aromatic nitrogens is 2. The highest BCUT2D eigenvalue weighted by molar-refractivity contribution is 9.10. The van der Waals surface area contributed by atoms with Gasteiger partial charge in [-0.05, 0) is 33.8 Å². The van der Waals surface area contributed by atoms with Gasteiger partial charge in [-0.3, -0.25) is 0 Å². The van der Waals surface area contributed by atoms with E-state index < -0.39 is 0 Å². The van der Waals surface area contributed by atoms with E-state index in [1.165, 1.54) is 5.56 Å². The van der Waals surface area contributed by atoms with Crippen LogP contribution in [0.4, 0.5) is 5.82 Å². The van der Waals surface area contributed by atoms with Gasteiger partial charge in [0.1, 0.15) is 5.82 Å². The van der Waals surface area contributed by atoms with Crippen LogP contribution < -0.4 is 5.32 Å². The first kappa shape index (κ1) is 13.5. The summed E-state index contributed by atoms with van der Waals surface area (Å²) in [5.41, 5.74) is 3.10. The zero-order valence-corrected chi connectivity index (χ0v) is 12.9. The minimum Gasteiger partial charge on any atom is -0.378 e. The van der Waals surface area contributed by atoms with Crippen LogP contribution in [0.2, 0.25) is 0 Å². The smallest absolute Gasteiger partial charge is 0.163 e. The molecule has 2 heterocycles. The van der Waals surface area contributed by atoms with Crippen LogP contribution in [0.3, 0.4) is 0 Å². The summed E-state index contributed by atoms with van der Waals surface area (Å²) in [6.07, 6.45) is 0. The van der Waals surface area contributed by atoms with Crippen molar-refractivity contribution < 1.29 is 4.74 Å². The fourth-order valence-corrected chi connectivity index (χ4v) is 2.92. The number of methoxy groups -OCH3 is 1. The van der Waals surface area contributed by atoms with Gasteiger partial charge in [0.2, 0.25) is 0 Å². The third-order valence-electron chi connectivity index (χ3n) is 2.53. The van der Waals surface area contributed by atoms with Gasteiger partial charge < -0.3 is 10.1 Å². The van der Waals surface area contributed by atoms with Crippen LogP contribution in [0.5, 0.6) is 0 Å². The molecule has 1 N–H and O–H groups in total. The summed E-state index contributed by atoms with van der Waals surface area (Å²) < 4.78 is 6.02. The monoisotopic (exact) mass is 327 g/mol. The van der Waals surface area contributed by atoms with Crippen molar-refractivity contribution in [2.24, 2.45) is 0 Å². The molecular formula is C12H14BrN3OS. The first-order valence-corrected chi connectivity index (χ1v) is 7.17. The molecule has 0 saturated carbocycles. The number of hydrogen-bond acceptors (Lipinski definition) is 5. The molecule has 0 aliphatic heterocycles. The highest BCUT2D eigenvalue weighted by Crippen LogP contribution is 2.30. The summed E-state index contributed by atoms with van der Waals surface area (Å²) in [6, 6.07) is 0. The summed E-state index contributed by atoms with van der Waals surface area (Å²) in [5.74, 6) is 1.51. The van der Waals surface area contributed by atoms with Crippen LogP contribution in [0.1, 0.15) is 11.3 Å². The van der Waals surface area contributed by atoms with Crippen molar-refractivity contribution in [3.05, 3.63) is 26.5 Å². The molecule has 18 heavy (non-hydrogen) atoms. The molecule has 0 aliphatic carbocycles. The molecule has 0 atom stereocenters. The molecule has 0 aliphatic rings. The number of halogens is 1. The number of aryl methyl sites for hydroxylation is 1. The quantitative estimate of drug-likeness (QED) is 0.934. The standard InChI is InChI=1S/C12H14BrN3OS/c1-7-5-18-6-8(7)11-15-9(4-17-3)10(13)12(14-2)16-11/h5-6H,4H2,1-3H3,(H,14,15,16). The summed E-state index contributed by atoms with van der Waals surface area (Å²) in [7, 11) is 3.50. The fourth-order valence-electron chi connectivity index (χ4n) is 1.60. The van der Waals surface area contributed by atoms with Crippen molar-refractivity contribution in [2.45, 2.75) is 13.5 Å². The predicted octanol–water partition coefficient (Wildman–Crippen LogP) is 3.46. The second kappa shape index (κ2) is 5.77. The van der Waals surface area contributed by atoms with E-state index in [0.29, 0.717) is 6.61 Å². The zero-order valence-electron chi connectivity index (χ0n) is 10.5. The maximum atomic E-state index is 5.17. The number of anilines is 1. The van der Waals surface area contributed by atoms with Crippen molar-refractivity contribution in [2.75, 3.05) is 19.5 Å². The molecule has 96 valence electrons. The van der Waals surface area contributed by atoms with E-state index >= 15 is 0 Å². The van der Waals surface area contributed by atoms with E-state index in [0.717, 1.165) is 27.4 Å². The van der Waals surface area contributed by atoms with Crippen molar-refractivity contribution in [3.63, 3.8) is 0 Å². The van der Waals surface area contributed by atoms with Crippen LogP contribution >= 0.6 is 27.3 Å². The molecule has 2 aromatic heterocycles. The Labute approximate surface area is 119 Å². The third kappa shape index (κ3) is 2.55. The summed E-state index contributed by atoms with van der Waals surface area (Å²) >= 11 is 5.15. The molecule has 6 heteroatoms. The largest absolute Gasteiger partial charge is 0.378 e. The Balaban J connectivity index is 2.55. The topological polar surface area (TPSA) is 47.0 Å². The molecule has 0 aromatic carbocycles. The normalized spacial score (nSPS) is 10.7. The van der Waals surface area contributed by atoms with Gasteiger partial charge in [-0.1, -0.05) is 0 Å². The minimum atomic E-state index is 0.452. The van der Waals surface area contributed by atoms with E-state index in [1.54, 1.807) is 18.4 Å². The predicted molar refractivity (Wildman–Crippen MR) is 78.0 cm³/mol. The molecule has 0 fully saturated rings. The van der Waals surface area contributed by atoms with Gasteiger partial charge in [0.05, 0.1) is 16.8 Å². The maximum Gasteiger partial charge on any atom is 0.163 e. The lowest BCUT2D eigenvalue weighted by molar-refractivity contribution is 0.181. The van der Waals surface area contributed by atoms with E-state index in [1.807, 2.05) is 7.05 Å². The van der Waals surface area contributed by atoms with Gasteiger partial charge in [-0.15, -0.1) is 0 Å². The van der Waals surface area contributed by atoms with Gasteiger partial charge in [0.15, 0.2) is 5.82 Å². The Hall–Kier alpha value is -0.980. The lowest BCUT2D eigenvalue weighted by Crippen LogP contribution is -2.04. The number of nitrogens with one attached hydrogen (secondary N) is 1. The minimum absolute atomic E-state index is 0.452. The number of rotatable bonds is 4. The lowest BCUT2D eigenvalue weighted by atomic mass is 10.2. The average Bonchev–Trinajstić information content (AvgIpc) is 2.78. The molecule has 0 saturated heterocycles. The Morgan fingerprint density at radius 1 is 1.39 bits per heavy atom. The van der Waals surface area contributed by atoms with Crippen molar-refractivity contribution >= 4 is 33.1 Å². The van der Waals surface area contributed by atoms with Gasteiger partial charge in [-0.2, -0.15) is 11.3 Å². The molecular weight excluding hydrogens is 314 g/mol. The van der Waals surface area contributed by atoms with Crippen LogP contribution in [-0.2, 0) is 11.3 Å². The Bertz CT molecular complexity index is 556. The van der Waals surface area contributed by atoms with Gasteiger partial charge in [0.25, 0.3) is 0 Å². The Kier molecular flexibility index (Phi) is 4.31. The average molecular weight is 328 g/mol. The first-order valence-electron chi connectivity index (χ1n) is 5.43. The Morgan fingerprint density at radius 2 is 2.17 bits per heavy atom. The first-order chi connectivity index (χ1) is 8.67. The van der Waals surface area contributed by atoms with E-state index in [9.17, 15) is 0 Å². The molecule has 0 radical (unpaired) electrons. The van der Waals surface area contributed by atoms with Crippen LogP contribution in [-0.4, -0.2) is 24.1 Å². The van der Waals surface area contributed by atoms with Gasteiger partial charge >= 0.3 is 0 Å². The van der Waals surface area contributed by atoms with E-state index in [2.05, 4.69) is 48.9 Å². The number of hydrogen-bond donors (Lipinski definition) is 1. The lowest BCUT2D eigenvalue weighted by Gasteiger charge is -2.10. The van der Waals surface area contributed by atoms with E-state index in [4.69, 9.17) is 4.74 Å². The summed E-state index contributed by atoms with van der Waals surface area (Å²) in [6.45, 7) is 2.51. The van der Waals surface area contributed by atoms with Crippen LogP contribution in [0.25, 0.3) is 11.4 Å². The second-order valence-corrected chi connectivity index (χ2v) is 5.34. The summed E-state index contributed by atoms with van der Waals surface area (Å²) in [4.78, 5) is 9.08. The SMILES string of the molecule is CNc1nc(-c2cscc2C)nc(COC)c1Br. The maximum absolute atomic E-state index is 5.17. The van der Waals surface area contributed by atoms with Crippen molar-refractivity contribution in [1.29, 1.82) is 0 Å². The van der Waals surface area contributed by atoms with Gasteiger partial charge in [0, 0.05) is 25.1 Å². The molecule has 2 aromatic rings. The highest BCUT2D eigenvalue weighted by atomic mass is 79.9. The number of ether oxygens (including phenoxy) is 1. The molecule has 0 spiro atoms. The number of nitrogens with zero attached hydrogens (tertiary/aromatic N) is 2. The number of thiophene rings is 1. The highest BCUT2D eigenvalue weighted by Gasteiger charge is 2.14. The third-order valence-corrected chi connectivity index (χ3v) is 4.23. The van der Waals surface area contributed by atoms with Crippen molar-refractivity contribution in [3.8, 4) is 11.4 Å². The van der Waals surface area contributed by atoms with Crippen molar-refractivity contribution in [1.82, 2.24) is 9.97 Å². The van der Waals surface area contributed by atoms with Crippen LogP contribution in [0.15, 0.2) is 15.2 Å². The van der Waals surface area contributed by atoms with Gasteiger partial charge in [-0.25, -0.2) is 9.97 Å². The summed E-state index contributed by atoms with van der Waals surface area (Å²) in [5, 5.41) is 7.22. The molecule has 0 unspecified atom stereocenters. The molecule has 0 bridgehead atoms. The Morgan fingerprint density at radius 3 is 2.72 bits per heavy atom. The molecule has 4 nitrogen and oxygen atoms in total. The fraction of sp³-hybridized carbons (Fsp3) is 0.333. The van der Waals surface area contributed by atoms with E-state index in [-0.39, 0.29) is 0 Å². The van der Waals surface area contributed by atoms with Crippen LogP contribution in [0, 0.1) is 6.92 Å². The zero-order chi connectivity index (χ0) is 13.1.